The zero-order valence-corrected chi connectivity index (χ0v) is 10.7. The number of nitro benzene ring substituents is 1. The van der Waals surface area contributed by atoms with E-state index in [0.29, 0.717) is 5.56 Å². The van der Waals surface area contributed by atoms with Gasteiger partial charge in [0, 0.05) is 18.7 Å². The maximum atomic E-state index is 11.9. The Hall–Kier alpha value is -2.64. The van der Waals surface area contributed by atoms with Crippen LogP contribution in [-0.2, 0) is 11.3 Å². The number of carbonyl (C=O) groups is 2. The van der Waals surface area contributed by atoms with Crippen molar-refractivity contribution >= 4 is 17.7 Å². The second-order valence-electron chi connectivity index (χ2n) is 4.50. The van der Waals surface area contributed by atoms with Crippen LogP contribution >= 0.6 is 0 Å². The zero-order valence-electron chi connectivity index (χ0n) is 10.7. The predicted molar refractivity (Wildman–Crippen MR) is 68.1 cm³/mol. The number of hydrogen-bond acceptors (Lipinski definition) is 4. The number of amides is 2. The highest BCUT2D eigenvalue weighted by molar-refractivity contribution is 5.81. The van der Waals surface area contributed by atoms with Gasteiger partial charge in [0.05, 0.1) is 11.0 Å². The number of non-ortho nitro benzene ring substituents is 1. The van der Waals surface area contributed by atoms with Gasteiger partial charge in [-0.3, -0.25) is 14.9 Å². The van der Waals surface area contributed by atoms with E-state index >= 15 is 0 Å². The molecular formula is C12H13N3O5. The van der Waals surface area contributed by atoms with Crippen LogP contribution in [0, 0.1) is 10.1 Å². The summed E-state index contributed by atoms with van der Waals surface area (Å²) in [5.74, 6) is -1.14. The number of nitrogens with one attached hydrogen (secondary N) is 1. The lowest BCUT2D eigenvalue weighted by Crippen LogP contribution is -2.41. The summed E-state index contributed by atoms with van der Waals surface area (Å²) >= 11 is 0. The highest BCUT2D eigenvalue weighted by atomic mass is 16.6. The standard InChI is InChI=1S/C12H13N3O5/c1-7-10-4-9(15(19)20)3-2-8(10)5-13-12(18)14(7)6-11(16)17/h2-4,7H,5-6H2,1H3,(H,13,18)(H,16,17). The topological polar surface area (TPSA) is 113 Å². The molecule has 1 aliphatic heterocycles. The molecule has 1 atom stereocenters. The summed E-state index contributed by atoms with van der Waals surface area (Å²) in [6.45, 7) is 1.40. The number of urea groups is 1. The van der Waals surface area contributed by atoms with E-state index in [-0.39, 0.29) is 12.2 Å². The number of fused-ring (bicyclic) bond motifs is 1. The van der Waals surface area contributed by atoms with Gasteiger partial charge in [-0.05, 0) is 18.1 Å². The highest BCUT2D eigenvalue weighted by Crippen LogP contribution is 2.29. The molecule has 2 N–H and O–H groups in total. The Bertz CT molecular complexity index is 586. The Labute approximate surface area is 114 Å². The van der Waals surface area contributed by atoms with Crippen molar-refractivity contribution in [2.45, 2.75) is 19.5 Å². The molecule has 8 nitrogen and oxygen atoms in total. The number of carbonyl (C=O) groups excluding carboxylic acids is 1. The molecule has 0 fully saturated rings. The molecule has 0 aliphatic carbocycles. The van der Waals surface area contributed by atoms with E-state index in [2.05, 4.69) is 5.32 Å². The number of aliphatic carboxylic acids is 1. The molecule has 0 bridgehead atoms. The van der Waals surface area contributed by atoms with E-state index in [1.807, 2.05) is 0 Å². The average molecular weight is 279 g/mol. The van der Waals surface area contributed by atoms with Gasteiger partial charge in [0.2, 0.25) is 0 Å². The Morgan fingerprint density at radius 2 is 2.30 bits per heavy atom. The smallest absolute Gasteiger partial charge is 0.323 e. The SMILES string of the molecule is CC1c2cc([N+](=O)[O-])ccc2CNC(=O)N1CC(=O)O. The monoisotopic (exact) mass is 279 g/mol. The highest BCUT2D eigenvalue weighted by Gasteiger charge is 2.29. The van der Waals surface area contributed by atoms with Crippen LogP contribution in [0.1, 0.15) is 24.1 Å². The van der Waals surface area contributed by atoms with Crippen LogP contribution < -0.4 is 5.32 Å². The molecule has 0 radical (unpaired) electrons. The summed E-state index contributed by atoms with van der Waals surface area (Å²) in [4.78, 5) is 34.1. The summed E-state index contributed by atoms with van der Waals surface area (Å²) in [7, 11) is 0. The maximum absolute atomic E-state index is 11.9. The molecule has 106 valence electrons. The van der Waals surface area contributed by atoms with E-state index in [0.717, 1.165) is 10.5 Å². The van der Waals surface area contributed by atoms with E-state index in [9.17, 15) is 19.7 Å². The second-order valence-corrected chi connectivity index (χ2v) is 4.50. The van der Waals surface area contributed by atoms with Gasteiger partial charge in [-0.2, -0.15) is 0 Å². The van der Waals surface area contributed by atoms with Crippen LogP contribution in [0.3, 0.4) is 0 Å². The number of carboxylic acid groups (broad SMARTS) is 1. The van der Waals surface area contributed by atoms with E-state index in [4.69, 9.17) is 5.11 Å². The first-order chi connectivity index (χ1) is 9.40. The lowest BCUT2D eigenvalue weighted by Gasteiger charge is -2.25. The average Bonchev–Trinajstić information content (AvgIpc) is 2.50. The third-order valence-electron chi connectivity index (χ3n) is 3.25. The third kappa shape index (κ3) is 2.53. The quantitative estimate of drug-likeness (QED) is 0.639. The largest absolute Gasteiger partial charge is 0.480 e. The Morgan fingerprint density at radius 3 is 2.90 bits per heavy atom. The van der Waals surface area contributed by atoms with Gasteiger partial charge in [0.25, 0.3) is 5.69 Å². The first kappa shape index (κ1) is 13.8. The van der Waals surface area contributed by atoms with Gasteiger partial charge >= 0.3 is 12.0 Å². The number of carboxylic acids is 1. The zero-order chi connectivity index (χ0) is 14.9. The van der Waals surface area contributed by atoms with E-state index in [1.54, 1.807) is 13.0 Å². The Morgan fingerprint density at radius 1 is 1.60 bits per heavy atom. The number of nitrogens with zero attached hydrogens (tertiary/aromatic N) is 2. The van der Waals surface area contributed by atoms with Crippen LogP contribution in [0.5, 0.6) is 0 Å². The minimum atomic E-state index is -1.14. The summed E-state index contributed by atoms with van der Waals surface area (Å²) in [5, 5.41) is 22.3. The molecule has 0 aromatic heterocycles. The van der Waals surface area contributed by atoms with Gasteiger partial charge in [-0.15, -0.1) is 0 Å². The fraction of sp³-hybridized carbons (Fsp3) is 0.333. The van der Waals surface area contributed by atoms with Crippen LogP contribution in [0.25, 0.3) is 0 Å². The molecule has 1 heterocycles. The lowest BCUT2D eigenvalue weighted by atomic mass is 10.00. The molecule has 8 heteroatoms. The van der Waals surface area contributed by atoms with Crippen LogP contribution in [0.2, 0.25) is 0 Å². The predicted octanol–water partition coefficient (Wildman–Crippen LogP) is 1.27. The molecule has 1 aromatic carbocycles. The fourth-order valence-electron chi connectivity index (χ4n) is 2.22. The maximum Gasteiger partial charge on any atom is 0.323 e. The van der Waals surface area contributed by atoms with Gasteiger partial charge in [0.1, 0.15) is 6.54 Å². The van der Waals surface area contributed by atoms with Crippen LogP contribution in [0.15, 0.2) is 18.2 Å². The van der Waals surface area contributed by atoms with Crippen molar-refractivity contribution in [3.63, 3.8) is 0 Å². The van der Waals surface area contributed by atoms with Crippen molar-refractivity contribution < 1.29 is 19.6 Å². The first-order valence-electron chi connectivity index (χ1n) is 5.93. The fourth-order valence-corrected chi connectivity index (χ4v) is 2.22. The molecule has 2 rings (SSSR count). The third-order valence-corrected chi connectivity index (χ3v) is 3.25. The van der Waals surface area contributed by atoms with Crippen molar-refractivity contribution in [2.75, 3.05) is 6.54 Å². The van der Waals surface area contributed by atoms with Gasteiger partial charge in [0.15, 0.2) is 0 Å². The van der Waals surface area contributed by atoms with Crippen molar-refractivity contribution in [1.29, 1.82) is 0 Å². The molecule has 1 unspecified atom stereocenters. The molecule has 2 amide bonds. The summed E-state index contributed by atoms with van der Waals surface area (Å²) in [6.07, 6.45) is 0. The van der Waals surface area contributed by atoms with Crippen molar-refractivity contribution in [3.05, 3.63) is 39.4 Å². The van der Waals surface area contributed by atoms with Crippen LogP contribution in [0.4, 0.5) is 10.5 Å². The minimum absolute atomic E-state index is 0.0831. The lowest BCUT2D eigenvalue weighted by molar-refractivity contribution is -0.385. The van der Waals surface area contributed by atoms with Gasteiger partial charge < -0.3 is 15.3 Å². The first-order valence-corrected chi connectivity index (χ1v) is 5.93. The Kier molecular flexibility index (Phi) is 3.55. The minimum Gasteiger partial charge on any atom is -0.480 e. The van der Waals surface area contributed by atoms with Crippen molar-refractivity contribution in [3.8, 4) is 0 Å². The summed E-state index contributed by atoms with van der Waals surface area (Å²) in [5.41, 5.74) is 1.24. The second kappa shape index (κ2) is 5.16. The normalized spacial score (nSPS) is 17.9. The number of rotatable bonds is 3. The van der Waals surface area contributed by atoms with Crippen molar-refractivity contribution in [1.82, 2.24) is 10.2 Å². The molecule has 20 heavy (non-hydrogen) atoms. The Balaban J connectivity index is 2.44. The summed E-state index contributed by atoms with van der Waals surface area (Å²) < 4.78 is 0. The number of hydrogen-bond donors (Lipinski definition) is 2. The van der Waals surface area contributed by atoms with Crippen LogP contribution in [-0.4, -0.2) is 33.5 Å². The van der Waals surface area contributed by atoms with Gasteiger partial charge in [-0.1, -0.05) is 6.07 Å². The molecule has 0 saturated heterocycles. The van der Waals surface area contributed by atoms with Crippen molar-refractivity contribution in [2.24, 2.45) is 0 Å². The van der Waals surface area contributed by atoms with Gasteiger partial charge in [-0.25, -0.2) is 4.79 Å². The molecule has 1 aromatic rings. The molecule has 0 saturated carbocycles. The number of nitro groups is 1. The summed E-state index contributed by atoms with van der Waals surface area (Å²) in [6, 6.07) is 3.27. The molecular weight excluding hydrogens is 266 g/mol. The molecule has 1 aliphatic rings. The number of benzene rings is 1. The van der Waals surface area contributed by atoms with E-state index in [1.165, 1.54) is 12.1 Å². The van der Waals surface area contributed by atoms with E-state index < -0.39 is 29.5 Å². The molecule has 0 spiro atoms.